The maximum absolute atomic E-state index is 9.41. The number of fused-ring (bicyclic) bond motifs is 1. The van der Waals surface area contributed by atoms with Gasteiger partial charge in [-0.25, -0.2) is 15.1 Å². The molecule has 0 bridgehead atoms. The highest BCUT2D eigenvalue weighted by Gasteiger charge is 2.15. The first kappa shape index (κ1) is 19.6. The quantitative estimate of drug-likeness (QED) is 0.442. The zero-order valence-corrected chi connectivity index (χ0v) is 17.5. The lowest BCUT2D eigenvalue weighted by Crippen LogP contribution is -2.05. The number of aromatic nitrogens is 7. The van der Waals surface area contributed by atoms with Gasteiger partial charge in [-0.1, -0.05) is 55.5 Å². The van der Waals surface area contributed by atoms with E-state index in [1.54, 1.807) is 6.20 Å². The topological polar surface area (TPSA) is 109 Å². The van der Waals surface area contributed by atoms with Crippen molar-refractivity contribution in [2.24, 2.45) is 0 Å². The van der Waals surface area contributed by atoms with Gasteiger partial charge in [-0.15, -0.1) is 5.10 Å². The van der Waals surface area contributed by atoms with E-state index in [0.717, 1.165) is 46.4 Å². The van der Waals surface area contributed by atoms with Crippen LogP contribution in [0.4, 0.5) is 0 Å². The molecule has 0 aliphatic rings. The number of aryl methyl sites for hydroxylation is 1. The van der Waals surface area contributed by atoms with E-state index < -0.39 is 0 Å². The Morgan fingerprint density at radius 1 is 1.03 bits per heavy atom. The molecule has 8 nitrogen and oxygen atoms in total. The van der Waals surface area contributed by atoms with Gasteiger partial charge < -0.3 is 4.57 Å². The number of tetrazole rings is 1. The first-order chi connectivity index (χ1) is 15.8. The Balaban J connectivity index is 1.50. The minimum atomic E-state index is 0.368. The first-order valence-electron chi connectivity index (χ1n) is 10.4. The molecule has 3 heterocycles. The van der Waals surface area contributed by atoms with E-state index in [4.69, 9.17) is 4.98 Å². The molecule has 0 unspecified atom stereocenters. The fraction of sp³-hybridized carbons (Fsp3) is 0.167. The number of pyridine rings is 1. The Hall–Kier alpha value is -4.38. The Kier molecular flexibility index (Phi) is 5.14. The molecule has 0 radical (unpaired) electrons. The Morgan fingerprint density at radius 2 is 1.84 bits per heavy atom. The summed E-state index contributed by atoms with van der Waals surface area (Å²) in [5, 5.41) is 23.7. The maximum atomic E-state index is 9.41. The molecule has 0 aliphatic carbocycles. The van der Waals surface area contributed by atoms with Gasteiger partial charge in [0.15, 0.2) is 11.5 Å². The normalized spacial score (nSPS) is 11.0. The average Bonchev–Trinajstić information content (AvgIpc) is 3.49. The van der Waals surface area contributed by atoms with Crippen LogP contribution in [0.5, 0.6) is 0 Å². The molecule has 5 rings (SSSR count). The fourth-order valence-corrected chi connectivity index (χ4v) is 3.96. The monoisotopic (exact) mass is 420 g/mol. The molecule has 0 spiro atoms. The molecule has 0 saturated carbocycles. The van der Waals surface area contributed by atoms with Gasteiger partial charge in [-0.2, -0.15) is 5.26 Å². The van der Waals surface area contributed by atoms with Crippen molar-refractivity contribution < 1.29 is 0 Å². The van der Waals surface area contributed by atoms with Crippen molar-refractivity contribution in [3.63, 3.8) is 0 Å². The molecule has 0 saturated heterocycles. The van der Waals surface area contributed by atoms with Crippen LogP contribution in [0.15, 0.2) is 60.8 Å². The highest BCUT2D eigenvalue weighted by molar-refractivity contribution is 5.81. The highest BCUT2D eigenvalue weighted by Crippen LogP contribution is 2.30. The number of benzene rings is 2. The van der Waals surface area contributed by atoms with Crippen molar-refractivity contribution in [2.45, 2.75) is 26.3 Å². The largest absolute Gasteiger partial charge is 0.323 e. The number of nitriles is 1. The summed E-state index contributed by atoms with van der Waals surface area (Å²) >= 11 is 0. The summed E-state index contributed by atoms with van der Waals surface area (Å²) in [4.78, 5) is 8.90. The van der Waals surface area contributed by atoms with Crippen LogP contribution in [-0.4, -0.2) is 35.2 Å². The SMILES string of the molecule is CCCc1nc2c(C#N)nccc2n1Cc1ccc(-c2ccccc2-c2nnn[nH]2)cc1. The summed E-state index contributed by atoms with van der Waals surface area (Å²) in [6.07, 6.45) is 3.49. The van der Waals surface area contributed by atoms with Crippen molar-refractivity contribution in [3.05, 3.63) is 77.9 Å². The van der Waals surface area contributed by atoms with Crippen LogP contribution in [0.2, 0.25) is 0 Å². The van der Waals surface area contributed by atoms with Crippen molar-refractivity contribution in [2.75, 3.05) is 0 Å². The Morgan fingerprint density at radius 3 is 2.56 bits per heavy atom. The lowest BCUT2D eigenvalue weighted by molar-refractivity contribution is 0.722. The van der Waals surface area contributed by atoms with Crippen LogP contribution in [0.25, 0.3) is 33.5 Å². The van der Waals surface area contributed by atoms with Gasteiger partial charge in [0, 0.05) is 24.7 Å². The Bertz CT molecular complexity index is 1410. The lowest BCUT2D eigenvalue weighted by Gasteiger charge is -2.11. The van der Waals surface area contributed by atoms with Gasteiger partial charge in [0.05, 0.1) is 5.52 Å². The smallest absolute Gasteiger partial charge is 0.180 e. The van der Waals surface area contributed by atoms with Crippen LogP contribution >= 0.6 is 0 Å². The average molecular weight is 420 g/mol. The molecule has 32 heavy (non-hydrogen) atoms. The van der Waals surface area contributed by atoms with Gasteiger partial charge in [0.1, 0.15) is 17.4 Å². The van der Waals surface area contributed by atoms with Crippen LogP contribution in [0.1, 0.15) is 30.4 Å². The summed E-state index contributed by atoms with van der Waals surface area (Å²) in [5.74, 6) is 1.61. The van der Waals surface area contributed by atoms with Crippen molar-refractivity contribution >= 4 is 11.0 Å². The second-order valence-electron chi connectivity index (χ2n) is 7.50. The molecular formula is C24H20N8. The first-order valence-corrected chi connectivity index (χ1v) is 10.4. The van der Waals surface area contributed by atoms with E-state index in [0.29, 0.717) is 23.6 Å². The second-order valence-corrected chi connectivity index (χ2v) is 7.50. The third-order valence-electron chi connectivity index (χ3n) is 5.46. The summed E-state index contributed by atoms with van der Waals surface area (Å²) in [6, 6.07) is 20.6. The number of nitrogens with one attached hydrogen (secondary N) is 1. The summed E-state index contributed by atoms with van der Waals surface area (Å²) in [6.45, 7) is 2.80. The van der Waals surface area contributed by atoms with Gasteiger partial charge in [-0.3, -0.25) is 0 Å². The third kappa shape index (κ3) is 3.50. The summed E-state index contributed by atoms with van der Waals surface area (Å²) in [7, 11) is 0. The number of nitrogens with zero attached hydrogens (tertiary/aromatic N) is 7. The minimum absolute atomic E-state index is 0.368. The molecular weight excluding hydrogens is 400 g/mol. The van der Waals surface area contributed by atoms with E-state index in [-0.39, 0.29) is 0 Å². The zero-order chi connectivity index (χ0) is 21.9. The van der Waals surface area contributed by atoms with Crippen LogP contribution in [-0.2, 0) is 13.0 Å². The molecule has 3 aromatic heterocycles. The van der Waals surface area contributed by atoms with Gasteiger partial charge in [-0.05, 0) is 39.6 Å². The van der Waals surface area contributed by atoms with Crippen molar-refractivity contribution in [1.29, 1.82) is 5.26 Å². The predicted octanol–water partition coefficient (Wildman–Crippen LogP) is 4.15. The molecule has 0 amide bonds. The molecule has 2 aromatic carbocycles. The number of hydrogen-bond acceptors (Lipinski definition) is 6. The molecule has 5 aromatic rings. The number of aromatic amines is 1. The fourth-order valence-electron chi connectivity index (χ4n) is 3.96. The van der Waals surface area contributed by atoms with E-state index in [1.165, 1.54) is 0 Å². The van der Waals surface area contributed by atoms with Gasteiger partial charge in [0.25, 0.3) is 0 Å². The molecule has 0 aliphatic heterocycles. The number of H-pyrrole nitrogens is 1. The van der Waals surface area contributed by atoms with Crippen LogP contribution in [0, 0.1) is 11.3 Å². The summed E-state index contributed by atoms with van der Waals surface area (Å²) < 4.78 is 2.19. The number of imidazole rings is 1. The number of hydrogen-bond donors (Lipinski definition) is 1. The zero-order valence-electron chi connectivity index (χ0n) is 17.5. The molecule has 8 heteroatoms. The Labute approximate surface area is 184 Å². The summed E-state index contributed by atoms with van der Waals surface area (Å²) in [5.41, 5.74) is 6.22. The van der Waals surface area contributed by atoms with Crippen molar-refractivity contribution in [3.8, 4) is 28.6 Å². The lowest BCUT2D eigenvalue weighted by atomic mass is 9.98. The molecule has 156 valence electrons. The third-order valence-corrected chi connectivity index (χ3v) is 5.46. The molecule has 0 atom stereocenters. The van der Waals surface area contributed by atoms with Crippen LogP contribution < -0.4 is 0 Å². The van der Waals surface area contributed by atoms with E-state index in [2.05, 4.69) is 73.5 Å². The second kappa shape index (κ2) is 8.40. The maximum Gasteiger partial charge on any atom is 0.180 e. The van der Waals surface area contributed by atoms with Crippen molar-refractivity contribution in [1.82, 2.24) is 35.2 Å². The van der Waals surface area contributed by atoms with E-state index >= 15 is 0 Å². The minimum Gasteiger partial charge on any atom is -0.323 e. The number of rotatable bonds is 6. The molecule has 0 fully saturated rings. The van der Waals surface area contributed by atoms with Gasteiger partial charge >= 0.3 is 0 Å². The van der Waals surface area contributed by atoms with E-state index in [9.17, 15) is 5.26 Å². The predicted molar refractivity (Wildman–Crippen MR) is 120 cm³/mol. The van der Waals surface area contributed by atoms with Crippen LogP contribution in [0.3, 0.4) is 0 Å². The standard InChI is InChI=1S/C24H20N8/c1-2-5-22-27-23-20(14-25)26-13-12-21(23)32(22)15-16-8-10-17(11-9-16)18-6-3-4-7-19(18)24-28-30-31-29-24/h3-4,6-13H,2,5,15H2,1H3,(H,28,29,30,31). The highest BCUT2D eigenvalue weighted by atomic mass is 15.5. The molecule has 1 N–H and O–H groups in total. The van der Waals surface area contributed by atoms with E-state index in [1.807, 2.05) is 24.3 Å². The van der Waals surface area contributed by atoms with Gasteiger partial charge in [0.2, 0.25) is 0 Å².